The molecular weight excluding hydrogens is 520 g/mol. The van der Waals surface area contributed by atoms with Crippen LogP contribution in [0.5, 0.6) is 5.75 Å². The molecule has 4 bridgehead atoms. The van der Waals surface area contributed by atoms with Crippen molar-refractivity contribution >= 4 is 40.2 Å². The third kappa shape index (κ3) is 3.34. The number of rotatable bonds is 5. The van der Waals surface area contributed by atoms with Crippen molar-refractivity contribution in [2.45, 2.75) is 18.3 Å². The van der Waals surface area contributed by atoms with E-state index >= 15 is 0 Å². The van der Waals surface area contributed by atoms with Crippen molar-refractivity contribution in [3.05, 3.63) is 138 Å². The summed E-state index contributed by atoms with van der Waals surface area (Å²) in [6.07, 6.45) is 1.92. The number of aliphatic imine (C=N–C) groups is 1. The first-order valence-corrected chi connectivity index (χ1v) is 14.5. The third-order valence-corrected chi connectivity index (χ3v) is 9.26. The highest BCUT2D eigenvalue weighted by Crippen LogP contribution is 2.60. The molecule has 1 aliphatic heterocycles. The van der Waals surface area contributed by atoms with E-state index in [1.54, 1.807) is 0 Å². The van der Waals surface area contributed by atoms with Gasteiger partial charge in [0.15, 0.2) is 0 Å². The van der Waals surface area contributed by atoms with E-state index in [0.717, 1.165) is 44.5 Å². The molecule has 0 N–H and O–H groups in total. The fraction of sp³-hybridized carbons (Fsp3) is 0.162. The first kappa shape index (κ1) is 24.7. The Bertz CT molecular complexity index is 1910. The van der Waals surface area contributed by atoms with Gasteiger partial charge in [0.25, 0.3) is 0 Å². The fourth-order valence-electron chi connectivity index (χ4n) is 7.54. The minimum Gasteiger partial charge on any atom is -0.494 e. The second-order valence-electron chi connectivity index (χ2n) is 11.3. The maximum absolute atomic E-state index is 14.8. The Kier molecular flexibility index (Phi) is 5.45. The van der Waals surface area contributed by atoms with E-state index in [1.807, 2.05) is 92.0 Å². The lowest BCUT2D eigenvalue weighted by atomic mass is 9.52. The van der Waals surface area contributed by atoms with Gasteiger partial charge in [0.2, 0.25) is 11.8 Å². The molecule has 0 aromatic heterocycles. The summed E-state index contributed by atoms with van der Waals surface area (Å²) < 4.78 is 5.62. The SMILES string of the molecule is CCOc1ccc(N=C[C@@]23c4ccc(cc4)[C@@H](c4ccccc42)[C@@H]2C(=O)N(c4cccc5ccccc45)C(=O)[C@@H]23)cc1. The Morgan fingerprint density at radius 3 is 2.36 bits per heavy atom. The molecule has 4 atom stereocenters. The van der Waals surface area contributed by atoms with E-state index in [1.165, 1.54) is 4.90 Å². The molecule has 42 heavy (non-hydrogen) atoms. The predicted octanol–water partition coefficient (Wildman–Crippen LogP) is 7.19. The van der Waals surface area contributed by atoms with E-state index in [9.17, 15) is 9.59 Å². The molecule has 5 heteroatoms. The van der Waals surface area contributed by atoms with Crippen LogP contribution in [0.2, 0.25) is 0 Å². The average Bonchev–Trinajstić information content (AvgIpc) is 3.27. The standard InChI is InChI=1S/C37H28N2O3/c1-2-42-27-20-18-26(19-21-27)38-22-37-25-16-14-24(15-17-25)32(29-11-5-6-12-30(29)37)33-34(37)36(41)39(35(33)40)31-13-7-9-23-8-3-4-10-28(23)31/h3-22,32-34H,2H2,1H3/t32-,33-,34+,37+/m0/s1. The lowest BCUT2D eigenvalue weighted by Crippen LogP contribution is -2.51. The molecule has 1 fully saturated rings. The van der Waals surface area contributed by atoms with Gasteiger partial charge in [0, 0.05) is 17.5 Å². The maximum atomic E-state index is 14.8. The maximum Gasteiger partial charge on any atom is 0.239 e. The van der Waals surface area contributed by atoms with Gasteiger partial charge < -0.3 is 4.74 Å². The van der Waals surface area contributed by atoms with Crippen molar-refractivity contribution in [1.82, 2.24) is 0 Å². The van der Waals surface area contributed by atoms with E-state index in [0.29, 0.717) is 12.3 Å². The molecule has 6 aliphatic rings. The quantitative estimate of drug-likeness (QED) is 0.173. The van der Waals surface area contributed by atoms with E-state index in [4.69, 9.17) is 9.73 Å². The van der Waals surface area contributed by atoms with Crippen molar-refractivity contribution in [1.29, 1.82) is 0 Å². The number of carbonyl (C=O) groups excluding carboxylic acids is 2. The average molecular weight is 549 g/mol. The zero-order valence-electron chi connectivity index (χ0n) is 23.1. The van der Waals surface area contributed by atoms with Crippen LogP contribution in [0, 0.1) is 11.8 Å². The van der Waals surface area contributed by atoms with Gasteiger partial charge in [-0.05, 0) is 64.9 Å². The van der Waals surface area contributed by atoms with Gasteiger partial charge in [0.05, 0.1) is 35.2 Å². The number of imide groups is 1. The Morgan fingerprint density at radius 2 is 1.55 bits per heavy atom. The monoisotopic (exact) mass is 548 g/mol. The molecule has 5 aliphatic carbocycles. The summed E-state index contributed by atoms with van der Waals surface area (Å²) in [6.45, 7) is 2.54. The van der Waals surface area contributed by atoms with Crippen molar-refractivity contribution in [2.75, 3.05) is 11.5 Å². The number of nitrogens with zero attached hydrogens (tertiary/aromatic N) is 2. The molecule has 5 nitrogen and oxygen atoms in total. The Morgan fingerprint density at radius 1 is 0.810 bits per heavy atom. The van der Waals surface area contributed by atoms with Crippen LogP contribution in [-0.4, -0.2) is 24.6 Å². The highest BCUT2D eigenvalue weighted by molar-refractivity contribution is 6.27. The van der Waals surface area contributed by atoms with Crippen LogP contribution in [0.15, 0.2) is 120 Å². The summed E-state index contributed by atoms with van der Waals surface area (Å²) in [6, 6.07) is 38.1. The molecule has 0 spiro atoms. The fourth-order valence-corrected chi connectivity index (χ4v) is 7.54. The van der Waals surface area contributed by atoms with Gasteiger partial charge >= 0.3 is 0 Å². The molecule has 1 saturated heterocycles. The number of ether oxygens (including phenoxy) is 1. The van der Waals surface area contributed by atoms with Crippen LogP contribution in [0.1, 0.15) is 35.1 Å². The van der Waals surface area contributed by atoms with Gasteiger partial charge in [-0.15, -0.1) is 0 Å². The van der Waals surface area contributed by atoms with Crippen molar-refractivity contribution in [3.8, 4) is 5.75 Å². The lowest BCUT2D eigenvalue weighted by molar-refractivity contribution is -0.122. The summed E-state index contributed by atoms with van der Waals surface area (Å²) in [5.74, 6) is -0.981. The molecule has 0 saturated carbocycles. The zero-order chi connectivity index (χ0) is 28.4. The molecule has 1 heterocycles. The Balaban J connectivity index is 1.36. The summed E-state index contributed by atoms with van der Waals surface area (Å²) in [5.41, 5.74) is 4.60. The van der Waals surface area contributed by atoms with Gasteiger partial charge in [0.1, 0.15) is 5.75 Å². The second kappa shape index (κ2) is 9.25. The van der Waals surface area contributed by atoms with Crippen LogP contribution >= 0.6 is 0 Å². The topological polar surface area (TPSA) is 59.0 Å². The minimum atomic E-state index is -0.929. The van der Waals surface area contributed by atoms with Gasteiger partial charge in [-0.2, -0.15) is 0 Å². The first-order valence-electron chi connectivity index (χ1n) is 14.5. The lowest BCUT2D eigenvalue weighted by Gasteiger charge is -2.48. The molecular formula is C37H28N2O3. The summed E-state index contributed by atoms with van der Waals surface area (Å²) in [5, 5.41) is 1.88. The van der Waals surface area contributed by atoms with Crippen molar-refractivity contribution in [2.24, 2.45) is 16.8 Å². The number of hydrogen-bond donors (Lipinski definition) is 0. The normalized spacial score (nSPS) is 23.7. The van der Waals surface area contributed by atoms with Gasteiger partial charge in [-0.1, -0.05) is 84.9 Å². The van der Waals surface area contributed by atoms with Crippen molar-refractivity contribution < 1.29 is 14.3 Å². The van der Waals surface area contributed by atoms with Crippen LogP contribution in [0.3, 0.4) is 0 Å². The molecule has 0 radical (unpaired) electrons. The van der Waals surface area contributed by atoms with E-state index in [2.05, 4.69) is 36.4 Å². The number of anilines is 1. The van der Waals surface area contributed by atoms with Gasteiger partial charge in [-0.3, -0.25) is 14.6 Å². The van der Waals surface area contributed by atoms with Crippen LogP contribution in [0.25, 0.3) is 10.8 Å². The van der Waals surface area contributed by atoms with E-state index in [-0.39, 0.29) is 17.7 Å². The first-order chi connectivity index (χ1) is 20.6. The molecule has 204 valence electrons. The summed E-state index contributed by atoms with van der Waals surface area (Å²) in [7, 11) is 0. The predicted molar refractivity (Wildman–Crippen MR) is 165 cm³/mol. The van der Waals surface area contributed by atoms with Gasteiger partial charge in [-0.25, -0.2) is 4.90 Å². The molecule has 0 unspecified atom stereocenters. The second-order valence-corrected chi connectivity index (χ2v) is 11.3. The molecule has 5 aromatic carbocycles. The number of carbonyl (C=O) groups is 2. The minimum absolute atomic E-state index is 0.151. The summed E-state index contributed by atoms with van der Waals surface area (Å²) in [4.78, 5) is 35.9. The molecule has 2 amide bonds. The smallest absolute Gasteiger partial charge is 0.239 e. The molecule has 5 aromatic rings. The zero-order valence-corrected chi connectivity index (χ0v) is 23.1. The number of hydrogen-bond acceptors (Lipinski definition) is 4. The molecule has 11 rings (SSSR count). The Hall–Kier alpha value is -5.03. The van der Waals surface area contributed by atoms with Crippen LogP contribution in [0.4, 0.5) is 11.4 Å². The largest absolute Gasteiger partial charge is 0.494 e. The third-order valence-electron chi connectivity index (χ3n) is 9.26. The highest BCUT2D eigenvalue weighted by Gasteiger charge is 2.65. The van der Waals surface area contributed by atoms with E-state index < -0.39 is 17.3 Å². The highest BCUT2D eigenvalue weighted by atomic mass is 16.5. The number of amides is 2. The van der Waals surface area contributed by atoms with Crippen LogP contribution < -0.4 is 9.64 Å². The summed E-state index contributed by atoms with van der Waals surface area (Å²) >= 11 is 0. The Labute approximate surface area is 244 Å². The number of benzene rings is 5. The van der Waals surface area contributed by atoms with Crippen LogP contribution in [-0.2, 0) is 15.0 Å². The number of fused-ring (bicyclic) bond motifs is 1. The van der Waals surface area contributed by atoms with Crippen molar-refractivity contribution in [3.63, 3.8) is 0 Å².